The molecule has 2 aliphatic rings. The minimum Gasteiger partial charge on any atom is -0.377 e. The largest absolute Gasteiger partial charge is 0.377 e. The van der Waals surface area contributed by atoms with E-state index in [1.165, 1.54) is 0 Å². The fourth-order valence-electron chi connectivity index (χ4n) is 6.07. The Morgan fingerprint density at radius 2 is 1.91 bits per heavy atom. The average Bonchev–Trinajstić information content (AvgIpc) is 3.44. The van der Waals surface area contributed by atoms with Crippen molar-refractivity contribution in [3.05, 3.63) is 64.9 Å². The molecule has 0 bridgehead atoms. The van der Waals surface area contributed by atoms with Gasteiger partial charge in [0, 0.05) is 30.7 Å². The summed E-state index contributed by atoms with van der Waals surface area (Å²) in [5, 5.41) is 3.88. The third-order valence-corrected chi connectivity index (χ3v) is 9.94. The standard InChI is InChI=1S/C33H43N5O5S/c1-6-8-14-30-34-33(17-11-18-37(5)22-33)32(39)38(30)20-25-15-16-27(26(19-25)21-42-7-2)28-12-9-10-13-29(28)44(40,41)36-31-23(3)24(4)43-35-31/h9-10,12-13,15-16,19H,6-8,11,14,17-18,20-22H2,1-5H3,(H,35,36). The minimum absolute atomic E-state index is 0.0755. The number of anilines is 1. The number of likely N-dealkylation sites (N-methyl/N-ethyl adjacent to an activating group) is 1. The molecule has 0 saturated carbocycles. The number of hydrogen-bond acceptors (Lipinski definition) is 8. The van der Waals surface area contributed by atoms with Gasteiger partial charge in [0.2, 0.25) is 0 Å². The number of sulfonamides is 1. The first kappa shape index (κ1) is 31.9. The van der Waals surface area contributed by atoms with Crippen LogP contribution in [0.2, 0.25) is 0 Å². The zero-order valence-corrected chi connectivity index (χ0v) is 27.2. The number of rotatable bonds is 12. The molecule has 0 radical (unpaired) electrons. The summed E-state index contributed by atoms with van der Waals surface area (Å²) in [6.45, 7) is 10.4. The smallest absolute Gasteiger partial charge is 0.263 e. The lowest BCUT2D eigenvalue weighted by Crippen LogP contribution is -2.52. The second-order valence-corrected chi connectivity index (χ2v) is 13.5. The summed E-state index contributed by atoms with van der Waals surface area (Å²) in [7, 11) is -1.94. The highest BCUT2D eigenvalue weighted by Crippen LogP contribution is 2.36. The van der Waals surface area contributed by atoms with Crippen LogP contribution in [0.15, 0.2) is 56.9 Å². The molecule has 1 N–H and O–H groups in total. The lowest BCUT2D eigenvalue weighted by atomic mass is 9.89. The van der Waals surface area contributed by atoms with Gasteiger partial charge in [-0.3, -0.25) is 19.4 Å². The maximum absolute atomic E-state index is 14.0. The number of amides is 1. The van der Waals surface area contributed by atoms with Crippen LogP contribution in [0.25, 0.3) is 11.1 Å². The number of aromatic nitrogens is 1. The fraction of sp³-hybridized carbons (Fsp3) is 0.485. The molecule has 1 unspecified atom stereocenters. The van der Waals surface area contributed by atoms with Crippen molar-refractivity contribution in [1.82, 2.24) is 15.0 Å². The Morgan fingerprint density at radius 3 is 2.61 bits per heavy atom. The highest BCUT2D eigenvalue weighted by molar-refractivity contribution is 7.92. The molecule has 11 heteroatoms. The van der Waals surface area contributed by atoms with Gasteiger partial charge < -0.3 is 14.2 Å². The molecule has 5 rings (SSSR count). The average molecular weight is 622 g/mol. The van der Waals surface area contributed by atoms with Crippen molar-refractivity contribution in [2.75, 3.05) is 31.5 Å². The summed E-state index contributed by atoms with van der Waals surface area (Å²) in [5.74, 6) is 1.65. The van der Waals surface area contributed by atoms with E-state index in [-0.39, 0.29) is 16.6 Å². The van der Waals surface area contributed by atoms with Gasteiger partial charge in [0.15, 0.2) is 11.4 Å². The van der Waals surface area contributed by atoms with E-state index in [1.807, 2.05) is 36.1 Å². The highest BCUT2D eigenvalue weighted by atomic mass is 32.2. The van der Waals surface area contributed by atoms with Crippen LogP contribution in [0.3, 0.4) is 0 Å². The van der Waals surface area contributed by atoms with Gasteiger partial charge in [-0.15, -0.1) is 0 Å². The van der Waals surface area contributed by atoms with Crippen LogP contribution in [0.4, 0.5) is 5.82 Å². The summed E-state index contributed by atoms with van der Waals surface area (Å²) in [6, 6.07) is 12.8. The van der Waals surface area contributed by atoms with Crippen molar-refractivity contribution in [2.45, 2.75) is 83.4 Å². The molecule has 3 aromatic rings. The van der Waals surface area contributed by atoms with Crippen molar-refractivity contribution in [1.29, 1.82) is 0 Å². The van der Waals surface area contributed by atoms with Crippen LogP contribution in [0.1, 0.15) is 68.4 Å². The van der Waals surface area contributed by atoms with E-state index in [2.05, 4.69) is 28.8 Å². The molecule has 1 spiro atoms. The second-order valence-electron chi connectivity index (χ2n) is 11.8. The van der Waals surface area contributed by atoms with Crippen molar-refractivity contribution in [2.24, 2.45) is 4.99 Å². The summed E-state index contributed by atoms with van der Waals surface area (Å²) in [6.07, 6.45) is 4.47. The number of benzene rings is 2. The maximum atomic E-state index is 14.0. The molecular formula is C33H43N5O5S. The van der Waals surface area contributed by atoms with Gasteiger partial charge in [0.1, 0.15) is 11.6 Å². The summed E-state index contributed by atoms with van der Waals surface area (Å²) in [5.41, 5.74) is 3.00. The Morgan fingerprint density at radius 1 is 1.11 bits per heavy atom. The van der Waals surface area contributed by atoms with Crippen LogP contribution in [0.5, 0.6) is 0 Å². The van der Waals surface area contributed by atoms with Crippen molar-refractivity contribution < 1.29 is 22.5 Å². The maximum Gasteiger partial charge on any atom is 0.263 e. The van der Waals surface area contributed by atoms with Crippen LogP contribution in [-0.4, -0.2) is 67.4 Å². The summed E-state index contributed by atoms with van der Waals surface area (Å²) in [4.78, 5) is 23.2. The molecule has 2 aromatic carbocycles. The number of likely N-dealkylation sites (tertiary alicyclic amines) is 1. The van der Waals surface area contributed by atoms with E-state index >= 15 is 0 Å². The van der Waals surface area contributed by atoms with Gasteiger partial charge in [-0.25, -0.2) is 8.42 Å². The number of nitrogens with one attached hydrogen (secondary N) is 1. The number of carbonyl (C=O) groups is 1. The van der Waals surface area contributed by atoms with Crippen molar-refractivity contribution in [3.63, 3.8) is 0 Å². The van der Waals surface area contributed by atoms with Crippen molar-refractivity contribution in [3.8, 4) is 11.1 Å². The molecule has 10 nitrogen and oxygen atoms in total. The Kier molecular flexibility index (Phi) is 9.57. The predicted molar refractivity (Wildman–Crippen MR) is 171 cm³/mol. The first-order valence-electron chi connectivity index (χ1n) is 15.4. The summed E-state index contributed by atoms with van der Waals surface area (Å²) >= 11 is 0. The number of amidine groups is 1. The minimum atomic E-state index is -4.00. The molecular weight excluding hydrogens is 578 g/mol. The van der Waals surface area contributed by atoms with E-state index in [4.69, 9.17) is 14.3 Å². The van der Waals surface area contributed by atoms with E-state index < -0.39 is 15.6 Å². The molecule has 1 amide bonds. The Bertz CT molecular complexity index is 1650. The number of aliphatic imine (C=N–C) groups is 1. The van der Waals surface area contributed by atoms with E-state index in [0.29, 0.717) is 43.2 Å². The molecule has 1 aromatic heterocycles. The second kappa shape index (κ2) is 13.2. The molecule has 3 heterocycles. The van der Waals surface area contributed by atoms with Crippen LogP contribution < -0.4 is 4.72 Å². The van der Waals surface area contributed by atoms with E-state index in [9.17, 15) is 13.2 Å². The van der Waals surface area contributed by atoms with Gasteiger partial charge >= 0.3 is 0 Å². The van der Waals surface area contributed by atoms with Crippen molar-refractivity contribution >= 4 is 27.6 Å². The SMILES string of the molecule is CCCCC1=NC2(CCCN(C)C2)C(=O)N1Cc1ccc(-c2ccccc2S(=O)(=O)Nc2noc(C)c2C)c(COCC)c1. The number of hydrogen-bond donors (Lipinski definition) is 1. The Labute approximate surface area is 260 Å². The number of nitrogens with zero attached hydrogens (tertiary/aromatic N) is 4. The van der Waals surface area contributed by atoms with Crippen LogP contribution in [0, 0.1) is 13.8 Å². The van der Waals surface area contributed by atoms with Crippen LogP contribution >= 0.6 is 0 Å². The predicted octanol–water partition coefficient (Wildman–Crippen LogP) is 5.69. The molecule has 236 valence electrons. The molecule has 1 saturated heterocycles. The number of ether oxygens (including phenoxy) is 1. The van der Waals surface area contributed by atoms with Gasteiger partial charge in [-0.2, -0.15) is 0 Å². The number of piperidine rings is 1. The zero-order chi connectivity index (χ0) is 31.5. The fourth-order valence-corrected chi connectivity index (χ4v) is 7.35. The first-order chi connectivity index (χ1) is 21.1. The first-order valence-corrected chi connectivity index (χ1v) is 16.9. The number of carbonyl (C=O) groups excluding carboxylic acids is 1. The molecule has 2 aliphatic heterocycles. The quantitative estimate of drug-likeness (QED) is 0.276. The normalized spacial score (nSPS) is 19.2. The van der Waals surface area contributed by atoms with Crippen LogP contribution in [-0.2, 0) is 32.7 Å². The monoisotopic (exact) mass is 621 g/mol. The molecule has 1 fully saturated rings. The topological polar surface area (TPSA) is 117 Å². The van der Waals surface area contributed by atoms with Gasteiger partial charge in [-0.1, -0.05) is 54.9 Å². The lowest BCUT2D eigenvalue weighted by Gasteiger charge is -2.35. The molecule has 1 atom stereocenters. The molecule has 44 heavy (non-hydrogen) atoms. The third kappa shape index (κ3) is 6.45. The van der Waals surface area contributed by atoms with Gasteiger partial charge in [-0.05, 0) is 76.4 Å². The van der Waals surface area contributed by atoms with E-state index in [1.54, 1.807) is 32.0 Å². The Hall–Kier alpha value is -3.54. The number of unbranched alkanes of at least 4 members (excludes halogenated alkanes) is 1. The highest BCUT2D eigenvalue weighted by Gasteiger charge is 2.49. The number of aryl methyl sites for hydroxylation is 1. The third-order valence-electron chi connectivity index (χ3n) is 8.54. The molecule has 0 aliphatic carbocycles. The lowest BCUT2D eigenvalue weighted by molar-refractivity contribution is -0.133. The van der Waals surface area contributed by atoms with Gasteiger partial charge in [0.25, 0.3) is 15.9 Å². The summed E-state index contributed by atoms with van der Waals surface area (Å²) < 4.78 is 40.9. The Balaban J connectivity index is 1.48. The zero-order valence-electron chi connectivity index (χ0n) is 26.4. The van der Waals surface area contributed by atoms with E-state index in [0.717, 1.165) is 61.2 Å². The van der Waals surface area contributed by atoms with Gasteiger partial charge in [0.05, 0.1) is 18.0 Å².